The van der Waals surface area contributed by atoms with Crippen LogP contribution in [0.4, 0.5) is 0 Å². The highest BCUT2D eigenvalue weighted by atomic mass is 16.3. The number of aromatic hydroxyl groups is 1. The highest BCUT2D eigenvalue weighted by Gasteiger charge is 2.13. The van der Waals surface area contributed by atoms with E-state index in [1.54, 1.807) is 12.1 Å². The molecule has 1 amide bonds. The molecule has 0 saturated carbocycles. The molecule has 5 heteroatoms. The minimum atomic E-state index is -0.806. The van der Waals surface area contributed by atoms with Gasteiger partial charge in [0.05, 0.1) is 6.10 Å². The first-order chi connectivity index (χ1) is 12.1. The smallest absolute Gasteiger partial charge is 0.251 e. The number of amides is 1. The maximum Gasteiger partial charge on any atom is 0.251 e. The Morgan fingerprint density at radius 2 is 1.68 bits per heavy atom. The van der Waals surface area contributed by atoms with Crippen molar-refractivity contribution in [3.8, 4) is 5.75 Å². The standard InChI is InChI=1S/C20H24N2O3/c23-18-9-7-16(8-10-18)19(24)13-21-20(25)17-5-3-15(4-6-17)14-22-11-1-2-12-22/h3-10,19,23-24H,1-2,11-14H2,(H,21,25). The topological polar surface area (TPSA) is 72.8 Å². The van der Waals surface area contributed by atoms with Crippen LogP contribution >= 0.6 is 0 Å². The normalized spacial score (nSPS) is 15.9. The van der Waals surface area contributed by atoms with Gasteiger partial charge in [0, 0.05) is 18.7 Å². The number of carbonyl (C=O) groups is 1. The van der Waals surface area contributed by atoms with Gasteiger partial charge in [-0.1, -0.05) is 24.3 Å². The number of nitrogens with zero attached hydrogens (tertiary/aromatic N) is 1. The van der Waals surface area contributed by atoms with E-state index in [4.69, 9.17) is 0 Å². The fourth-order valence-corrected chi connectivity index (χ4v) is 3.07. The fourth-order valence-electron chi connectivity index (χ4n) is 3.07. The van der Waals surface area contributed by atoms with Gasteiger partial charge in [-0.15, -0.1) is 0 Å². The number of rotatable bonds is 6. The number of hydrogen-bond acceptors (Lipinski definition) is 4. The van der Waals surface area contributed by atoms with Crippen LogP contribution in [0.3, 0.4) is 0 Å². The molecule has 2 aromatic carbocycles. The lowest BCUT2D eigenvalue weighted by Crippen LogP contribution is -2.28. The molecule has 5 nitrogen and oxygen atoms in total. The van der Waals surface area contributed by atoms with Gasteiger partial charge in [0.15, 0.2) is 0 Å². The van der Waals surface area contributed by atoms with E-state index in [2.05, 4.69) is 10.2 Å². The first-order valence-corrected chi connectivity index (χ1v) is 8.68. The Morgan fingerprint density at radius 1 is 1.04 bits per heavy atom. The molecule has 0 aliphatic carbocycles. The summed E-state index contributed by atoms with van der Waals surface area (Å²) in [6.07, 6.45) is 1.73. The Balaban J connectivity index is 1.51. The van der Waals surface area contributed by atoms with Crippen molar-refractivity contribution in [2.24, 2.45) is 0 Å². The van der Waals surface area contributed by atoms with E-state index in [0.717, 1.165) is 19.6 Å². The average molecular weight is 340 g/mol. The summed E-state index contributed by atoms with van der Waals surface area (Å²) in [7, 11) is 0. The number of aliphatic hydroxyl groups is 1. The van der Waals surface area contributed by atoms with Crippen molar-refractivity contribution >= 4 is 5.91 Å². The lowest BCUT2D eigenvalue weighted by atomic mass is 10.1. The Morgan fingerprint density at radius 3 is 2.32 bits per heavy atom. The minimum absolute atomic E-state index is 0.124. The van der Waals surface area contributed by atoms with Crippen LogP contribution in [0.2, 0.25) is 0 Å². The zero-order chi connectivity index (χ0) is 17.6. The number of phenolic OH excluding ortho intramolecular Hbond substituents is 1. The van der Waals surface area contributed by atoms with Gasteiger partial charge >= 0.3 is 0 Å². The third kappa shape index (κ3) is 4.81. The Kier molecular flexibility index (Phi) is 5.68. The third-order valence-electron chi connectivity index (χ3n) is 4.55. The highest BCUT2D eigenvalue weighted by molar-refractivity contribution is 5.94. The molecule has 1 heterocycles. The van der Waals surface area contributed by atoms with Crippen molar-refractivity contribution in [2.45, 2.75) is 25.5 Å². The second kappa shape index (κ2) is 8.14. The minimum Gasteiger partial charge on any atom is -0.508 e. The number of carbonyl (C=O) groups excluding carboxylic acids is 1. The molecule has 1 aliphatic rings. The molecule has 0 spiro atoms. The highest BCUT2D eigenvalue weighted by Crippen LogP contribution is 2.16. The molecule has 0 radical (unpaired) electrons. The molecule has 1 unspecified atom stereocenters. The largest absolute Gasteiger partial charge is 0.508 e. The van der Waals surface area contributed by atoms with Crippen molar-refractivity contribution < 1.29 is 15.0 Å². The van der Waals surface area contributed by atoms with Crippen LogP contribution in [-0.2, 0) is 6.54 Å². The molecular weight excluding hydrogens is 316 g/mol. The molecule has 1 atom stereocenters. The maximum absolute atomic E-state index is 12.2. The molecule has 1 fully saturated rings. The van der Waals surface area contributed by atoms with E-state index in [-0.39, 0.29) is 18.2 Å². The predicted molar refractivity (Wildman–Crippen MR) is 96.4 cm³/mol. The second-order valence-corrected chi connectivity index (χ2v) is 6.50. The summed E-state index contributed by atoms with van der Waals surface area (Å²) in [5.41, 5.74) is 2.45. The van der Waals surface area contributed by atoms with E-state index in [1.165, 1.54) is 30.5 Å². The van der Waals surface area contributed by atoms with E-state index >= 15 is 0 Å². The average Bonchev–Trinajstić information content (AvgIpc) is 3.13. The van der Waals surface area contributed by atoms with Crippen LogP contribution < -0.4 is 5.32 Å². The number of benzene rings is 2. The van der Waals surface area contributed by atoms with Gasteiger partial charge < -0.3 is 15.5 Å². The molecule has 0 bridgehead atoms. The van der Waals surface area contributed by atoms with Gasteiger partial charge in [0.25, 0.3) is 5.91 Å². The summed E-state index contributed by atoms with van der Waals surface area (Å²) in [6.45, 7) is 3.36. The number of phenols is 1. The summed E-state index contributed by atoms with van der Waals surface area (Å²) in [5, 5.41) is 22.1. The number of nitrogens with one attached hydrogen (secondary N) is 1. The van der Waals surface area contributed by atoms with Crippen LogP contribution in [-0.4, -0.2) is 40.7 Å². The van der Waals surface area contributed by atoms with Gasteiger partial charge in [-0.25, -0.2) is 0 Å². The summed E-state index contributed by atoms with van der Waals surface area (Å²) in [6, 6.07) is 13.9. The SMILES string of the molecule is O=C(NCC(O)c1ccc(O)cc1)c1ccc(CN2CCCC2)cc1. The molecule has 2 aromatic rings. The van der Waals surface area contributed by atoms with Gasteiger partial charge in [-0.05, 0) is 61.3 Å². The van der Waals surface area contributed by atoms with E-state index in [1.807, 2.05) is 24.3 Å². The van der Waals surface area contributed by atoms with Gasteiger partial charge in [0.1, 0.15) is 5.75 Å². The fraction of sp³-hybridized carbons (Fsp3) is 0.350. The van der Waals surface area contributed by atoms with Crippen molar-refractivity contribution in [2.75, 3.05) is 19.6 Å². The number of likely N-dealkylation sites (tertiary alicyclic amines) is 1. The molecule has 1 aliphatic heterocycles. The van der Waals surface area contributed by atoms with E-state index in [0.29, 0.717) is 11.1 Å². The third-order valence-corrected chi connectivity index (χ3v) is 4.55. The monoisotopic (exact) mass is 340 g/mol. The zero-order valence-corrected chi connectivity index (χ0v) is 14.2. The van der Waals surface area contributed by atoms with Crippen molar-refractivity contribution in [1.82, 2.24) is 10.2 Å². The molecular formula is C20H24N2O3. The number of aliphatic hydroxyl groups excluding tert-OH is 1. The van der Waals surface area contributed by atoms with E-state index in [9.17, 15) is 15.0 Å². The maximum atomic E-state index is 12.2. The zero-order valence-electron chi connectivity index (χ0n) is 14.2. The Labute approximate surface area is 147 Å². The molecule has 25 heavy (non-hydrogen) atoms. The Hall–Kier alpha value is -2.37. The van der Waals surface area contributed by atoms with Crippen LogP contribution in [0.25, 0.3) is 0 Å². The Bertz CT molecular complexity index is 692. The second-order valence-electron chi connectivity index (χ2n) is 6.50. The van der Waals surface area contributed by atoms with Gasteiger partial charge in [-0.2, -0.15) is 0 Å². The van der Waals surface area contributed by atoms with Crippen LogP contribution in [0, 0.1) is 0 Å². The van der Waals surface area contributed by atoms with Crippen molar-refractivity contribution in [3.05, 3.63) is 65.2 Å². The van der Waals surface area contributed by atoms with Crippen molar-refractivity contribution in [1.29, 1.82) is 0 Å². The lowest BCUT2D eigenvalue weighted by molar-refractivity contribution is 0.0916. The first-order valence-electron chi connectivity index (χ1n) is 8.68. The summed E-state index contributed by atoms with van der Waals surface area (Å²) < 4.78 is 0. The van der Waals surface area contributed by atoms with Gasteiger partial charge in [0.2, 0.25) is 0 Å². The van der Waals surface area contributed by atoms with Crippen LogP contribution in [0.5, 0.6) is 5.75 Å². The molecule has 1 saturated heterocycles. The van der Waals surface area contributed by atoms with Crippen LogP contribution in [0.15, 0.2) is 48.5 Å². The molecule has 3 rings (SSSR count). The summed E-state index contributed by atoms with van der Waals surface area (Å²) in [4.78, 5) is 14.6. The van der Waals surface area contributed by atoms with E-state index < -0.39 is 6.10 Å². The predicted octanol–water partition coefficient (Wildman–Crippen LogP) is 2.45. The molecule has 0 aromatic heterocycles. The summed E-state index contributed by atoms with van der Waals surface area (Å²) in [5.74, 6) is -0.0560. The van der Waals surface area contributed by atoms with Crippen LogP contribution in [0.1, 0.15) is 40.4 Å². The lowest BCUT2D eigenvalue weighted by Gasteiger charge is -2.15. The number of hydrogen-bond donors (Lipinski definition) is 3. The molecule has 132 valence electrons. The molecule has 3 N–H and O–H groups in total. The van der Waals surface area contributed by atoms with Gasteiger partial charge in [-0.3, -0.25) is 9.69 Å². The van der Waals surface area contributed by atoms with Crippen molar-refractivity contribution in [3.63, 3.8) is 0 Å². The summed E-state index contributed by atoms with van der Waals surface area (Å²) >= 11 is 0. The quantitative estimate of drug-likeness (QED) is 0.755. The first kappa shape index (κ1) is 17.5.